The van der Waals surface area contributed by atoms with Gasteiger partial charge in [0.1, 0.15) is 0 Å². The van der Waals surface area contributed by atoms with E-state index in [0.29, 0.717) is 6.04 Å². The Kier molecular flexibility index (Phi) is 4.03. The number of carbonyl (C=O) groups excluding carboxylic acids is 1. The van der Waals surface area contributed by atoms with Crippen LogP contribution in [0.4, 0.5) is 0 Å². The molecular formula is C14H23NO. The minimum absolute atomic E-state index is 0.232. The molecule has 1 unspecified atom stereocenters. The molecule has 0 aromatic carbocycles. The summed E-state index contributed by atoms with van der Waals surface area (Å²) in [6, 6.07) is 0.545. The molecule has 0 aromatic rings. The fourth-order valence-electron chi connectivity index (χ4n) is 3.31. The Morgan fingerprint density at radius 1 is 1.12 bits per heavy atom. The zero-order valence-corrected chi connectivity index (χ0v) is 10.3. The first-order valence-electron chi connectivity index (χ1n) is 6.76. The summed E-state index contributed by atoms with van der Waals surface area (Å²) in [5.41, 5.74) is 0. The predicted molar refractivity (Wildman–Crippen MR) is 66.1 cm³/mol. The highest BCUT2D eigenvalue weighted by Crippen LogP contribution is 2.34. The molecule has 1 aliphatic heterocycles. The van der Waals surface area contributed by atoms with Crippen LogP contribution in [0.5, 0.6) is 0 Å². The molecule has 0 radical (unpaired) electrons. The van der Waals surface area contributed by atoms with Crippen LogP contribution in [0, 0.1) is 5.92 Å². The Balaban J connectivity index is 1.99. The number of allylic oxidation sites excluding steroid dienone is 1. The molecule has 0 bridgehead atoms. The molecule has 1 heterocycles. The van der Waals surface area contributed by atoms with Crippen molar-refractivity contribution in [3.63, 3.8) is 0 Å². The summed E-state index contributed by atoms with van der Waals surface area (Å²) in [5, 5.41) is 0. The first-order valence-corrected chi connectivity index (χ1v) is 6.76. The Bertz CT molecular complexity index is 266. The molecule has 2 heteroatoms. The first-order chi connectivity index (χ1) is 7.83. The van der Waals surface area contributed by atoms with Crippen LogP contribution >= 0.6 is 0 Å². The maximum atomic E-state index is 11.9. The van der Waals surface area contributed by atoms with E-state index in [4.69, 9.17) is 0 Å². The van der Waals surface area contributed by atoms with E-state index >= 15 is 0 Å². The van der Waals surface area contributed by atoms with Gasteiger partial charge in [-0.2, -0.15) is 0 Å². The van der Waals surface area contributed by atoms with Crippen LogP contribution in [-0.4, -0.2) is 23.4 Å². The molecule has 1 saturated carbocycles. The number of nitrogens with zero attached hydrogens (tertiary/aromatic N) is 1. The van der Waals surface area contributed by atoms with Crippen LogP contribution < -0.4 is 0 Å². The Morgan fingerprint density at radius 2 is 1.88 bits per heavy atom. The van der Waals surface area contributed by atoms with Crippen molar-refractivity contribution >= 4 is 5.91 Å². The lowest BCUT2D eigenvalue weighted by molar-refractivity contribution is -0.127. The number of carbonyl (C=O) groups is 1. The van der Waals surface area contributed by atoms with Crippen LogP contribution in [-0.2, 0) is 4.79 Å². The quantitative estimate of drug-likeness (QED) is 0.656. The number of rotatable bonds is 2. The van der Waals surface area contributed by atoms with Crippen molar-refractivity contribution in [3.8, 4) is 0 Å². The summed E-state index contributed by atoms with van der Waals surface area (Å²) in [5.74, 6) is 1.01. The molecule has 2 fully saturated rings. The van der Waals surface area contributed by atoms with Crippen molar-refractivity contribution in [3.05, 3.63) is 12.2 Å². The molecule has 1 aliphatic carbocycles. The van der Waals surface area contributed by atoms with Crippen molar-refractivity contribution in [1.82, 2.24) is 4.90 Å². The lowest BCUT2D eigenvalue weighted by atomic mass is 9.83. The van der Waals surface area contributed by atoms with Crippen molar-refractivity contribution in [2.75, 3.05) is 6.54 Å². The van der Waals surface area contributed by atoms with E-state index < -0.39 is 0 Å². The first kappa shape index (κ1) is 11.7. The van der Waals surface area contributed by atoms with E-state index in [1.165, 1.54) is 44.9 Å². The van der Waals surface area contributed by atoms with E-state index in [0.717, 1.165) is 12.5 Å². The van der Waals surface area contributed by atoms with Gasteiger partial charge >= 0.3 is 0 Å². The number of amides is 1. The lowest BCUT2D eigenvalue weighted by Crippen LogP contribution is -2.39. The fraction of sp³-hybridized carbons (Fsp3) is 0.786. The predicted octanol–water partition coefficient (Wildman–Crippen LogP) is 3.13. The third-order valence-corrected chi connectivity index (χ3v) is 4.09. The number of hydrogen-bond donors (Lipinski definition) is 0. The van der Waals surface area contributed by atoms with Crippen LogP contribution in [0.1, 0.15) is 51.9 Å². The van der Waals surface area contributed by atoms with Gasteiger partial charge in [-0.25, -0.2) is 0 Å². The van der Waals surface area contributed by atoms with Gasteiger partial charge in [-0.3, -0.25) is 4.79 Å². The van der Waals surface area contributed by atoms with E-state index in [2.05, 4.69) is 4.90 Å². The van der Waals surface area contributed by atoms with Gasteiger partial charge in [0.25, 0.3) is 0 Å². The highest BCUT2D eigenvalue weighted by Gasteiger charge is 2.34. The van der Waals surface area contributed by atoms with E-state index in [9.17, 15) is 4.79 Å². The van der Waals surface area contributed by atoms with Crippen LogP contribution in [0.25, 0.3) is 0 Å². The molecule has 0 N–H and O–H groups in total. The molecular weight excluding hydrogens is 198 g/mol. The summed E-state index contributed by atoms with van der Waals surface area (Å²) in [6.45, 7) is 2.90. The molecule has 1 amide bonds. The molecule has 0 spiro atoms. The largest absolute Gasteiger partial charge is 0.336 e. The summed E-state index contributed by atoms with van der Waals surface area (Å²) < 4.78 is 0. The Hall–Kier alpha value is -0.790. The number of hydrogen-bond acceptors (Lipinski definition) is 1. The zero-order chi connectivity index (χ0) is 11.4. The smallest absolute Gasteiger partial charge is 0.246 e. The van der Waals surface area contributed by atoms with Gasteiger partial charge in [-0.1, -0.05) is 25.3 Å². The van der Waals surface area contributed by atoms with Gasteiger partial charge in [0, 0.05) is 12.6 Å². The van der Waals surface area contributed by atoms with Crippen LogP contribution in [0.2, 0.25) is 0 Å². The summed E-state index contributed by atoms with van der Waals surface area (Å²) in [6.07, 6.45) is 12.8. The van der Waals surface area contributed by atoms with Crippen molar-refractivity contribution in [2.24, 2.45) is 5.92 Å². The molecule has 0 aromatic heterocycles. The van der Waals surface area contributed by atoms with E-state index in [1.54, 1.807) is 6.08 Å². The van der Waals surface area contributed by atoms with Gasteiger partial charge in [-0.15, -0.1) is 0 Å². The molecule has 1 atom stereocenters. The Labute approximate surface area is 98.7 Å². The van der Waals surface area contributed by atoms with Crippen molar-refractivity contribution in [2.45, 2.75) is 57.9 Å². The maximum absolute atomic E-state index is 11.9. The summed E-state index contributed by atoms with van der Waals surface area (Å²) >= 11 is 0. The van der Waals surface area contributed by atoms with Gasteiger partial charge in [0.15, 0.2) is 0 Å². The monoisotopic (exact) mass is 221 g/mol. The minimum atomic E-state index is 0.232. The molecule has 1 saturated heterocycles. The Morgan fingerprint density at radius 3 is 2.56 bits per heavy atom. The highest BCUT2D eigenvalue weighted by atomic mass is 16.2. The SMILES string of the molecule is CC=CC(=O)N1CCCC1C1CCCCC1. The summed E-state index contributed by atoms with van der Waals surface area (Å²) in [7, 11) is 0. The van der Waals surface area contributed by atoms with Gasteiger partial charge in [0.05, 0.1) is 0 Å². The minimum Gasteiger partial charge on any atom is -0.336 e. The van der Waals surface area contributed by atoms with Gasteiger partial charge in [0.2, 0.25) is 5.91 Å². The third-order valence-electron chi connectivity index (χ3n) is 4.09. The normalized spacial score (nSPS) is 27.8. The second-order valence-electron chi connectivity index (χ2n) is 5.14. The zero-order valence-electron chi connectivity index (χ0n) is 10.3. The fourth-order valence-corrected chi connectivity index (χ4v) is 3.31. The second-order valence-corrected chi connectivity index (χ2v) is 5.14. The van der Waals surface area contributed by atoms with E-state index in [-0.39, 0.29) is 5.91 Å². The van der Waals surface area contributed by atoms with Crippen molar-refractivity contribution in [1.29, 1.82) is 0 Å². The second kappa shape index (κ2) is 5.51. The molecule has 16 heavy (non-hydrogen) atoms. The molecule has 2 nitrogen and oxygen atoms in total. The van der Waals surface area contributed by atoms with Gasteiger partial charge in [-0.05, 0) is 44.6 Å². The van der Waals surface area contributed by atoms with Gasteiger partial charge < -0.3 is 4.90 Å². The van der Waals surface area contributed by atoms with Crippen LogP contribution in [0.3, 0.4) is 0 Å². The third kappa shape index (κ3) is 2.47. The molecule has 2 aliphatic rings. The highest BCUT2D eigenvalue weighted by molar-refractivity contribution is 5.88. The molecule has 2 rings (SSSR count). The van der Waals surface area contributed by atoms with Crippen LogP contribution in [0.15, 0.2) is 12.2 Å². The summed E-state index contributed by atoms with van der Waals surface area (Å²) in [4.78, 5) is 14.1. The average molecular weight is 221 g/mol. The lowest BCUT2D eigenvalue weighted by Gasteiger charge is -2.33. The van der Waals surface area contributed by atoms with E-state index in [1.807, 2.05) is 13.0 Å². The standard InChI is InChI=1S/C14H23NO/c1-2-7-14(16)15-11-6-10-13(15)12-8-4-3-5-9-12/h2,7,12-13H,3-6,8-11H2,1H3. The maximum Gasteiger partial charge on any atom is 0.246 e. The average Bonchev–Trinajstić information content (AvgIpc) is 2.79. The topological polar surface area (TPSA) is 20.3 Å². The number of likely N-dealkylation sites (tertiary alicyclic amines) is 1. The van der Waals surface area contributed by atoms with Crippen molar-refractivity contribution < 1.29 is 4.79 Å². The molecule has 90 valence electrons.